The Kier molecular flexibility index (Phi) is 4.45. The third-order valence-corrected chi connectivity index (χ3v) is 2.17. The van der Waals surface area contributed by atoms with Crippen molar-refractivity contribution in [3.05, 3.63) is 18.2 Å². The summed E-state index contributed by atoms with van der Waals surface area (Å²) in [5, 5.41) is 19.3. The first-order valence-corrected chi connectivity index (χ1v) is 5.05. The molecule has 0 aromatic carbocycles. The molecule has 0 aliphatic carbocycles. The quantitative estimate of drug-likeness (QED) is 0.680. The van der Waals surface area contributed by atoms with Crippen LogP contribution in [0.3, 0.4) is 0 Å². The molecular formula is C10H16N2O4. The summed E-state index contributed by atoms with van der Waals surface area (Å²) >= 11 is 0. The van der Waals surface area contributed by atoms with Crippen LogP contribution in [0.25, 0.3) is 0 Å². The number of hydrogen-bond donors (Lipinski definition) is 2. The van der Waals surface area contributed by atoms with Crippen molar-refractivity contribution in [3.63, 3.8) is 0 Å². The first-order valence-electron chi connectivity index (χ1n) is 5.05. The summed E-state index contributed by atoms with van der Waals surface area (Å²) in [6.07, 6.45) is 0.511. The zero-order valence-corrected chi connectivity index (χ0v) is 9.33. The van der Waals surface area contributed by atoms with E-state index in [-0.39, 0.29) is 13.0 Å². The molecule has 0 saturated carbocycles. The lowest BCUT2D eigenvalue weighted by molar-refractivity contribution is -0.147. The molecule has 0 spiro atoms. The smallest absolute Gasteiger partial charge is 0.308 e. The predicted octanol–water partition coefficient (Wildman–Crippen LogP) is -0.232. The van der Waals surface area contributed by atoms with E-state index < -0.39 is 18.2 Å². The van der Waals surface area contributed by atoms with Gasteiger partial charge in [0.2, 0.25) is 0 Å². The lowest BCUT2D eigenvalue weighted by Gasteiger charge is -2.16. The van der Waals surface area contributed by atoms with Crippen LogP contribution in [-0.2, 0) is 16.6 Å². The van der Waals surface area contributed by atoms with Crippen molar-refractivity contribution < 1.29 is 19.7 Å². The molecule has 0 saturated heterocycles. The Balaban J connectivity index is 2.57. The number of aromatic nitrogens is 2. The van der Waals surface area contributed by atoms with Gasteiger partial charge in [0.1, 0.15) is 11.9 Å². The Labute approximate surface area is 93.5 Å². The minimum absolute atomic E-state index is 0.248. The molecule has 1 rings (SSSR count). The van der Waals surface area contributed by atoms with Gasteiger partial charge in [-0.1, -0.05) is 0 Å². The van der Waals surface area contributed by atoms with E-state index in [1.165, 1.54) is 6.20 Å². The Morgan fingerprint density at radius 2 is 2.31 bits per heavy atom. The monoisotopic (exact) mass is 228 g/mol. The Hall–Kier alpha value is -1.40. The fraction of sp³-hybridized carbons (Fsp3) is 0.600. The maximum Gasteiger partial charge on any atom is 0.308 e. The number of esters is 1. The molecule has 6 heteroatoms. The van der Waals surface area contributed by atoms with Crippen LogP contribution >= 0.6 is 0 Å². The maximum atomic E-state index is 11.1. The van der Waals surface area contributed by atoms with Gasteiger partial charge in [0, 0.05) is 19.4 Å². The Morgan fingerprint density at radius 3 is 2.81 bits per heavy atom. The van der Waals surface area contributed by atoms with Crippen LogP contribution in [0, 0.1) is 0 Å². The number of ether oxygens (including phenoxy) is 1. The summed E-state index contributed by atoms with van der Waals surface area (Å²) in [5.41, 5.74) is 0. The molecule has 2 N–H and O–H groups in total. The molecule has 0 aliphatic heterocycles. The molecule has 1 aromatic rings. The number of carbonyl (C=O) groups excluding carboxylic acids is 1. The summed E-state index contributed by atoms with van der Waals surface area (Å²) in [4.78, 5) is 15.0. The molecular weight excluding hydrogens is 212 g/mol. The van der Waals surface area contributed by atoms with Crippen molar-refractivity contribution in [2.45, 2.75) is 25.6 Å². The number of aliphatic hydroxyl groups is 2. The van der Waals surface area contributed by atoms with E-state index >= 15 is 0 Å². The van der Waals surface area contributed by atoms with Crippen LogP contribution in [0.5, 0.6) is 0 Å². The van der Waals surface area contributed by atoms with Gasteiger partial charge < -0.3 is 19.5 Å². The summed E-state index contributed by atoms with van der Waals surface area (Å²) < 4.78 is 6.26. The van der Waals surface area contributed by atoms with E-state index in [1.54, 1.807) is 24.7 Å². The van der Waals surface area contributed by atoms with Crippen LogP contribution in [0.2, 0.25) is 0 Å². The van der Waals surface area contributed by atoms with Crippen molar-refractivity contribution in [2.75, 3.05) is 6.61 Å². The van der Waals surface area contributed by atoms with Crippen molar-refractivity contribution in [1.29, 1.82) is 0 Å². The largest absolute Gasteiger partial charge is 0.466 e. The molecule has 0 radical (unpaired) electrons. The van der Waals surface area contributed by atoms with Gasteiger partial charge in [-0.2, -0.15) is 0 Å². The minimum atomic E-state index is -1.21. The normalized spacial score (nSPS) is 14.5. The number of aliphatic hydroxyl groups excluding tert-OH is 2. The number of rotatable bonds is 5. The first-order chi connectivity index (χ1) is 7.56. The van der Waals surface area contributed by atoms with Gasteiger partial charge in [0.25, 0.3) is 0 Å². The third-order valence-electron chi connectivity index (χ3n) is 2.17. The van der Waals surface area contributed by atoms with Crippen LogP contribution in [0.1, 0.15) is 25.3 Å². The number of aryl methyl sites for hydroxylation is 1. The maximum absolute atomic E-state index is 11.1. The fourth-order valence-corrected chi connectivity index (χ4v) is 1.34. The van der Waals surface area contributed by atoms with Crippen molar-refractivity contribution in [2.24, 2.45) is 7.05 Å². The van der Waals surface area contributed by atoms with E-state index in [4.69, 9.17) is 0 Å². The lowest BCUT2D eigenvalue weighted by atomic mass is 10.1. The molecule has 90 valence electrons. The number of nitrogens with zero attached hydrogens (tertiary/aromatic N) is 2. The number of carbonyl (C=O) groups is 1. The molecule has 2 unspecified atom stereocenters. The number of imidazole rings is 1. The highest BCUT2D eigenvalue weighted by Gasteiger charge is 2.24. The molecule has 0 fully saturated rings. The van der Waals surface area contributed by atoms with Crippen molar-refractivity contribution >= 4 is 5.97 Å². The Bertz CT molecular complexity index is 350. The van der Waals surface area contributed by atoms with E-state index in [2.05, 4.69) is 9.72 Å². The van der Waals surface area contributed by atoms with Gasteiger partial charge >= 0.3 is 5.97 Å². The van der Waals surface area contributed by atoms with E-state index in [9.17, 15) is 15.0 Å². The molecule has 16 heavy (non-hydrogen) atoms. The van der Waals surface area contributed by atoms with E-state index in [0.717, 1.165) is 0 Å². The topological polar surface area (TPSA) is 84.6 Å². The summed E-state index contributed by atoms with van der Waals surface area (Å²) in [6, 6.07) is 0. The standard InChI is InChI=1S/C10H16N2O4/c1-3-16-8(14)6-7(13)9(15)10-11-4-5-12(10)2/h4-5,7,9,13,15H,3,6H2,1-2H3. The fourth-order valence-electron chi connectivity index (χ4n) is 1.34. The molecule has 6 nitrogen and oxygen atoms in total. The van der Waals surface area contributed by atoms with Gasteiger partial charge in [0.15, 0.2) is 0 Å². The van der Waals surface area contributed by atoms with Gasteiger partial charge in [0.05, 0.1) is 19.1 Å². The average molecular weight is 228 g/mol. The van der Waals surface area contributed by atoms with Crippen molar-refractivity contribution in [3.8, 4) is 0 Å². The van der Waals surface area contributed by atoms with Crippen molar-refractivity contribution in [1.82, 2.24) is 9.55 Å². The zero-order chi connectivity index (χ0) is 12.1. The number of hydrogen-bond acceptors (Lipinski definition) is 5. The average Bonchev–Trinajstić information content (AvgIpc) is 2.63. The summed E-state index contributed by atoms with van der Waals surface area (Å²) in [6.45, 7) is 1.93. The van der Waals surface area contributed by atoms with E-state index in [1.807, 2.05) is 0 Å². The molecule has 0 aliphatic rings. The molecule has 2 atom stereocenters. The first kappa shape index (κ1) is 12.7. The third kappa shape index (κ3) is 3.04. The second-order valence-corrected chi connectivity index (χ2v) is 3.42. The highest BCUT2D eigenvalue weighted by molar-refractivity contribution is 5.70. The molecule has 1 aromatic heterocycles. The summed E-state index contributed by atoms with van der Waals surface area (Å²) in [5.74, 6) is -0.222. The van der Waals surface area contributed by atoms with Gasteiger partial charge in [-0.05, 0) is 6.92 Å². The van der Waals surface area contributed by atoms with E-state index in [0.29, 0.717) is 5.82 Å². The summed E-state index contributed by atoms with van der Waals surface area (Å²) in [7, 11) is 1.70. The minimum Gasteiger partial charge on any atom is -0.466 e. The second kappa shape index (κ2) is 5.62. The van der Waals surface area contributed by atoms with Gasteiger partial charge in [-0.25, -0.2) is 4.98 Å². The SMILES string of the molecule is CCOC(=O)CC(O)C(O)c1nccn1C. The highest BCUT2D eigenvalue weighted by Crippen LogP contribution is 2.16. The zero-order valence-electron chi connectivity index (χ0n) is 9.33. The predicted molar refractivity (Wildman–Crippen MR) is 55.4 cm³/mol. The Morgan fingerprint density at radius 1 is 1.62 bits per heavy atom. The second-order valence-electron chi connectivity index (χ2n) is 3.42. The van der Waals surface area contributed by atoms with Crippen LogP contribution in [0.15, 0.2) is 12.4 Å². The van der Waals surface area contributed by atoms with Gasteiger partial charge in [-0.15, -0.1) is 0 Å². The molecule has 0 bridgehead atoms. The van der Waals surface area contributed by atoms with Crippen LogP contribution in [0.4, 0.5) is 0 Å². The lowest BCUT2D eigenvalue weighted by Crippen LogP contribution is -2.25. The molecule has 1 heterocycles. The molecule has 0 amide bonds. The van der Waals surface area contributed by atoms with Crippen LogP contribution < -0.4 is 0 Å². The van der Waals surface area contributed by atoms with Crippen LogP contribution in [-0.4, -0.2) is 38.4 Å². The highest BCUT2D eigenvalue weighted by atomic mass is 16.5. The van der Waals surface area contributed by atoms with Gasteiger partial charge in [-0.3, -0.25) is 4.79 Å².